The Balaban J connectivity index is 1.59. The lowest BCUT2D eigenvalue weighted by atomic mass is 10.0. The zero-order valence-corrected chi connectivity index (χ0v) is 20.9. The predicted octanol–water partition coefficient (Wildman–Crippen LogP) is 6.01. The van der Waals surface area contributed by atoms with Crippen LogP contribution in [0.15, 0.2) is 73.3 Å². The van der Waals surface area contributed by atoms with E-state index in [0.29, 0.717) is 42.1 Å². The van der Waals surface area contributed by atoms with Gasteiger partial charge in [-0.2, -0.15) is 13.2 Å². The first kappa shape index (κ1) is 26.7. The van der Waals surface area contributed by atoms with Gasteiger partial charge in [-0.15, -0.1) is 0 Å². The number of nitrogens with one attached hydrogen (secondary N) is 3. The molecule has 0 saturated heterocycles. The number of amides is 1. The number of aryl methyl sites for hydroxylation is 2. The second-order valence-electron chi connectivity index (χ2n) is 8.73. The minimum atomic E-state index is -4.52. The van der Waals surface area contributed by atoms with Gasteiger partial charge in [0.05, 0.1) is 11.3 Å². The molecule has 196 valence electrons. The molecule has 7 nitrogen and oxygen atoms in total. The molecule has 38 heavy (non-hydrogen) atoms. The molecule has 0 aliphatic carbocycles. The summed E-state index contributed by atoms with van der Waals surface area (Å²) >= 11 is 0. The number of pyridine rings is 1. The summed E-state index contributed by atoms with van der Waals surface area (Å²) in [5.41, 5.74) is 2.99. The molecule has 0 atom stereocenters. The van der Waals surface area contributed by atoms with E-state index >= 15 is 0 Å². The molecule has 0 aliphatic heterocycles. The minimum Gasteiger partial charge on any atom is -0.339 e. The van der Waals surface area contributed by atoms with Crippen molar-refractivity contribution >= 4 is 23.1 Å². The lowest BCUT2D eigenvalue weighted by Crippen LogP contribution is -2.15. The van der Waals surface area contributed by atoms with Crippen molar-refractivity contribution in [3.63, 3.8) is 0 Å². The lowest BCUT2D eigenvalue weighted by molar-refractivity contribution is -0.137. The van der Waals surface area contributed by atoms with Crippen LogP contribution in [0.2, 0.25) is 0 Å². The Bertz CT molecular complexity index is 1410. The SMILES string of the molecule is CNCCCc1cc(NC(=O)c2ccc(C)c(Nc3ncccc3-c3ccncn3)c2)cc(C(F)(F)F)c1. The van der Waals surface area contributed by atoms with E-state index < -0.39 is 17.6 Å². The number of nitrogens with zero attached hydrogens (tertiary/aromatic N) is 3. The highest BCUT2D eigenvalue weighted by Gasteiger charge is 2.31. The quantitative estimate of drug-likeness (QED) is 0.234. The van der Waals surface area contributed by atoms with Crippen molar-refractivity contribution < 1.29 is 18.0 Å². The molecule has 4 aromatic rings. The van der Waals surface area contributed by atoms with Crippen molar-refractivity contribution in [2.24, 2.45) is 0 Å². The minimum absolute atomic E-state index is 0.0927. The zero-order chi connectivity index (χ0) is 27.1. The maximum Gasteiger partial charge on any atom is 0.416 e. The third-order valence-corrected chi connectivity index (χ3v) is 5.89. The average Bonchev–Trinajstić information content (AvgIpc) is 2.90. The molecular formula is C28H27F3N6O. The van der Waals surface area contributed by atoms with Crippen molar-refractivity contribution in [3.8, 4) is 11.3 Å². The van der Waals surface area contributed by atoms with Crippen molar-refractivity contribution in [3.05, 3.63) is 95.6 Å². The molecule has 0 bridgehead atoms. The predicted molar refractivity (Wildman–Crippen MR) is 141 cm³/mol. The van der Waals surface area contributed by atoms with Crippen LogP contribution in [0.1, 0.15) is 33.5 Å². The van der Waals surface area contributed by atoms with Gasteiger partial charge in [-0.1, -0.05) is 6.07 Å². The number of anilines is 3. The van der Waals surface area contributed by atoms with Crippen LogP contribution in [0.5, 0.6) is 0 Å². The molecule has 0 aliphatic rings. The molecule has 0 saturated carbocycles. The molecule has 0 unspecified atom stereocenters. The molecule has 3 N–H and O–H groups in total. The number of carbonyl (C=O) groups is 1. The molecule has 2 aromatic carbocycles. The summed E-state index contributed by atoms with van der Waals surface area (Å²) in [5.74, 6) is 0.0153. The van der Waals surface area contributed by atoms with Crippen LogP contribution in [-0.2, 0) is 12.6 Å². The van der Waals surface area contributed by atoms with Gasteiger partial charge in [-0.3, -0.25) is 4.79 Å². The van der Waals surface area contributed by atoms with E-state index in [9.17, 15) is 18.0 Å². The van der Waals surface area contributed by atoms with Gasteiger partial charge in [0.1, 0.15) is 12.1 Å². The number of benzene rings is 2. The fourth-order valence-electron chi connectivity index (χ4n) is 3.93. The van der Waals surface area contributed by atoms with Crippen LogP contribution >= 0.6 is 0 Å². The molecule has 10 heteroatoms. The topological polar surface area (TPSA) is 91.8 Å². The second-order valence-corrected chi connectivity index (χ2v) is 8.73. The van der Waals surface area contributed by atoms with Crippen LogP contribution < -0.4 is 16.0 Å². The van der Waals surface area contributed by atoms with E-state index in [0.717, 1.165) is 23.3 Å². The van der Waals surface area contributed by atoms with Gasteiger partial charge in [0.15, 0.2) is 0 Å². The van der Waals surface area contributed by atoms with Gasteiger partial charge in [0.2, 0.25) is 0 Å². The van der Waals surface area contributed by atoms with E-state index in [1.54, 1.807) is 55.8 Å². The normalized spacial score (nSPS) is 11.3. The van der Waals surface area contributed by atoms with Gasteiger partial charge in [-0.25, -0.2) is 15.0 Å². The first-order valence-electron chi connectivity index (χ1n) is 12.0. The van der Waals surface area contributed by atoms with Crippen molar-refractivity contribution in [2.45, 2.75) is 25.9 Å². The highest BCUT2D eigenvalue weighted by Crippen LogP contribution is 2.33. The molecule has 0 fully saturated rings. The van der Waals surface area contributed by atoms with E-state index in [2.05, 4.69) is 30.9 Å². The third kappa shape index (κ3) is 6.71. The number of halogens is 3. The summed E-state index contributed by atoms with van der Waals surface area (Å²) in [7, 11) is 1.78. The van der Waals surface area contributed by atoms with Gasteiger partial charge in [0.25, 0.3) is 5.91 Å². The van der Waals surface area contributed by atoms with E-state index in [1.165, 1.54) is 6.33 Å². The van der Waals surface area contributed by atoms with Gasteiger partial charge in [0, 0.05) is 34.9 Å². The molecule has 2 heterocycles. The molecular weight excluding hydrogens is 493 g/mol. The zero-order valence-electron chi connectivity index (χ0n) is 20.9. The summed E-state index contributed by atoms with van der Waals surface area (Å²) in [4.78, 5) is 25.7. The number of alkyl halides is 3. The Morgan fingerprint density at radius 3 is 2.58 bits per heavy atom. The summed E-state index contributed by atoms with van der Waals surface area (Å²) in [6, 6.07) is 14.1. The molecule has 4 rings (SSSR count). The molecule has 1 amide bonds. The number of aromatic nitrogens is 3. The van der Waals surface area contributed by atoms with Crippen LogP contribution in [-0.4, -0.2) is 34.5 Å². The maximum absolute atomic E-state index is 13.5. The molecule has 2 aromatic heterocycles. The summed E-state index contributed by atoms with van der Waals surface area (Å²) in [6.45, 7) is 2.55. The van der Waals surface area contributed by atoms with Gasteiger partial charge < -0.3 is 16.0 Å². The number of hydrogen-bond acceptors (Lipinski definition) is 6. The smallest absolute Gasteiger partial charge is 0.339 e. The second kappa shape index (κ2) is 11.8. The van der Waals surface area contributed by atoms with Crippen molar-refractivity contribution in [1.29, 1.82) is 0 Å². The van der Waals surface area contributed by atoms with Crippen molar-refractivity contribution in [1.82, 2.24) is 20.3 Å². The van der Waals surface area contributed by atoms with Gasteiger partial charge in [-0.05, 0) is 93.0 Å². The number of rotatable bonds is 9. The van der Waals surface area contributed by atoms with Crippen LogP contribution in [0.4, 0.5) is 30.4 Å². The highest BCUT2D eigenvalue weighted by molar-refractivity contribution is 6.05. The van der Waals surface area contributed by atoms with E-state index in [1.807, 2.05) is 13.0 Å². The summed E-state index contributed by atoms with van der Waals surface area (Å²) < 4.78 is 40.5. The Kier molecular flexibility index (Phi) is 8.32. The summed E-state index contributed by atoms with van der Waals surface area (Å²) in [5, 5.41) is 8.88. The Morgan fingerprint density at radius 2 is 1.84 bits per heavy atom. The van der Waals surface area contributed by atoms with Gasteiger partial charge >= 0.3 is 6.18 Å². The lowest BCUT2D eigenvalue weighted by Gasteiger charge is -2.15. The van der Waals surface area contributed by atoms with E-state index in [4.69, 9.17) is 0 Å². The third-order valence-electron chi connectivity index (χ3n) is 5.89. The monoisotopic (exact) mass is 520 g/mol. The standard InChI is InChI=1S/C28H27F3N6O/c1-18-7-8-20(15-25(18)37-26-23(6-4-11-34-26)24-9-12-33-17-35-24)27(38)36-22-14-19(5-3-10-32-2)13-21(16-22)28(29,30)31/h4,6-9,11-17,32H,3,5,10H2,1-2H3,(H,34,37)(H,36,38). The number of hydrogen-bond donors (Lipinski definition) is 3. The Labute approximate surface area is 218 Å². The Morgan fingerprint density at radius 1 is 1.00 bits per heavy atom. The molecule has 0 radical (unpaired) electrons. The first-order chi connectivity index (χ1) is 18.2. The average molecular weight is 521 g/mol. The van der Waals surface area contributed by atoms with Crippen molar-refractivity contribution in [2.75, 3.05) is 24.2 Å². The van der Waals surface area contributed by atoms with E-state index in [-0.39, 0.29) is 11.3 Å². The summed E-state index contributed by atoms with van der Waals surface area (Å²) in [6.07, 6.45) is 1.31. The van der Waals surface area contributed by atoms with Crippen LogP contribution in [0.3, 0.4) is 0 Å². The highest BCUT2D eigenvalue weighted by atomic mass is 19.4. The van der Waals surface area contributed by atoms with Crippen LogP contribution in [0, 0.1) is 6.92 Å². The fraction of sp³-hybridized carbons (Fsp3) is 0.214. The Hall–Kier alpha value is -4.31. The number of carbonyl (C=O) groups excluding carboxylic acids is 1. The maximum atomic E-state index is 13.5. The molecule has 0 spiro atoms. The largest absolute Gasteiger partial charge is 0.416 e. The van der Waals surface area contributed by atoms with Crippen LogP contribution in [0.25, 0.3) is 11.3 Å². The fourth-order valence-corrected chi connectivity index (χ4v) is 3.93. The first-order valence-corrected chi connectivity index (χ1v) is 12.0.